The van der Waals surface area contributed by atoms with Crippen molar-refractivity contribution >= 4 is 43.5 Å². The molecule has 0 spiro atoms. The second-order valence-electron chi connectivity index (χ2n) is 9.89. The van der Waals surface area contributed by atoms with Crippen molar-refractivity contribution in [3.63, 3.8) is 0 Å². The maximum atomic E-state index is 9.18. The molecule has 0 aliphatic rings. The summed E-state index contributed by atoms with van der Waals surface area (Å²) in [4.78, 5) is 0. The van der Waals surface area contributed by atoms with Crippen molar-refractivity contribution in [2.24, 2.45) is 0 Å². The molecule has 7 aromatic carbocycles. The van der Waals surface area contributed by atoms with Gasteiger partial charge in [0.1, 0.15) is 11.2 Å². The van der Waals surface area contributed by atoms with Gasteiger partial charge in [-0.1, -0.05) is 133 Å². The number of hydrogen-bond donors (Lipinski definition) is 0. The van der Waals surface area contributed by atoms with Crippen LogP contribution in [0.4, 0.5) is 0 Å². The summed E-state index contributed by atoms with van der Waals surface area (Å²) in [6.07, 6.45) is -0.537. The minimum absolute atomic E-state index is 0.000348. The summed E-state index contributed by atoms with van der Waals surface area (Å²) in [5.41, 5.74) is 3.75. The lowest BCUT2D eigenvalue weighted by Gasteiger charge is -2.17. The van der Waals surface area contributed by atoms with Crippen LogP contribution in [0.1, 0.15) is 40.1 Å². The van der Waals surface area contributed by atoms with E-state index in [0.29, 0.717) is 16.7 Å². The van der Waals surface area contributed by atoms with Crippen LogP contribution in [0.15, 0.2) is 150 Å². The minimum atomic E-state index is -0.612. The van der Waals surface area contributed by atoms with Gasteiger partial charge in [0.25, 0.3) is 0 Å². The van der Waals surface area contributed by atoms with Crippen LogP contribution in [-0.4, -0.2) is 0 Å². The number of hydrogen-bond acceptors (Lipinski definition) is 1. The van der Waals surface area contributed by atoms with Crippen LogP contribution in [0.3, 0.4) is 0 Å². The van der Waals surface area contributed by atoms with E-state index < -0.39 is 85.0 Å². The van der Waals surface area contributed by atoms with Crippen LogP contribution in [0.25, 0.3) is 54.6 Å². The molecule has 0 amide bonds. The summed E-state index contributed by atoms with van der Waals surface area (Å²) in [5, 5.41) is 1.51. The van der Waals surface area contributed by atoms with Gasteiger partial charge in [0.05, 0.1) is 17.8 Å². The third-order valence-electron chi connectivity index (χ3n) is 7.54. The van der Waals surface area contributed by atoms with Crippen LogP contribution in [0.5, 0.6) is 0 Å². The molecule has 0 radical (unpaired) electrons. The van der Waals surface area contributed by atoms with Gasteiger partial charge in [-0.3, -0.25) is 0 Å². The molecule has 8 rings (SSSR count). The van der Waals surface area contributed by atoms with Gasteiger partial charge >= 0.3 is 0 Å². The van der Waals surface area contributed by atoms with E-state index in [0.717, 1.165) is 21.9 Å². The Balaban J connectivity index is 1.47. The summed E-state index contributed by atoms with van der Waals surface area (Å²) in [6.45, 7) is 0. The summed E-state index contributed by atoms with van der Waals surface area (Å²) < 4.78 is 119. The standard InChI is InChI=1S/C40H28O/c1-3-12-27(13-4-1)24-36-31-17-7-9-19-33(31)37(34-20-10-8-18-32(34)36)26-30-16-11-21-35-38-25-29(28-14-5-2-6-15-28)22-23-39(38)41-40(30)35/h1-23,25H,24,26H2/i1D,3D,4D,7D,8D,9D,10D,12D,13D,17D,18D,19D,20D. The van der Waals surface area contributed by atoms with Gasteiger partial charge in [0, 0.05) is 17.2 Å². The maximum absolute atomic E-state index is 9.18. The van der Waals surface area contributed by atoms with E-state index >= 15 is 0 Å². The normalized spacial score (nSPS) is 16.0. The van der Waals surface area contributed by atoms with Crippen molar-refractivity contribution in [1.82, 2.24) is 0 Å². The molecule has 1 heteroatoms. The van der Waals surface area contributed by atoms with E-state index in [1.807, 2.05) is 60.7 Å². The third-order valence-corrected chi connectivity index (χ3v) is 7.54. The van der Waals surface area contributed by atoms with Gasteiger partial charge in [0.15, 0.2) is 0 Å². The minimum Gasteiger partial charge on any atom is -0.456 e. The number of rotatable bonds is 5. The fourth-order valence-electron chi connectivity index (χ4n) is 5.67. The zero-order valence-corrected chi connectivity index (χ0v) is 21.7. The number of para-hydroxylation sites is 1. The zero-order chi connectivity index (χ0) is 38.5. The average Bonchev–Trinajstić information content (AvgIpc) is 3.56. The van der Waals surface area contributed by atoms with Crippen LogP contribution in [0.2, 0.25) is 0 Å². The Kier molecular flexibility index (Phi) is 3.34. The lowest BCUT2D eigenvalue weighted by molar-refractivity contribution is 0.664. The van der Waals surface area contributed by atoms with E-state index in [1.54, 1.807) is 6.07 Å². The molecule has 0 bridgehead atoms. The van der Waals surface area contributed by atoms with Gasteiger partial charge in [0.2, 0.25) is 0 Å². The van der Waals surface area contributed by atoms with Crippen LogP contribution < -0.4 is 0 Å². The van der Waals surface area contributed by atoms with Crippen molar-refractivity contribution < 1.29 is 22.2 Å². The molecule has 1 nitrogen and oxygen atoms in total. The maximum Gasteiger partial charge on any atom is 0.138 e. The van der Waals surface area contributed by atoms with Gasteiger partial charge in [-0.25, -0.2) is 0 Å². The first-order chi connectivity index (χ1) is 25.7. The molecule has 0 N–H and O–H groups in total. The molecular weight excluding hydrogens is 496 g/mol. The molecule has 0 unspecified atom stereocenters. The lowest BCUT2D eigenvalue weighted by atomic mass is 9.86. The Hall–Kier alpha value is -5.14. The van der Waals surface area contributed by atoms with Crippen molar-refractivity contribution in [2.75, 3.05) is 0 Å². The van der Waals surface area contributed by atoms with E-state index in [2.05, 4.69) is 0 Å². The summed E-state index contributed by atoms with van der Waals surface area (Å²) in [5.74, 6) is 0. The SMILES string of the molecule is [2H]c1c([2H])c([2H])c(Cc2c3c([2H])c([2H])c([2H])c([2H])c3c(Cc3cccc4c3oc3ccc(-c5ccccc5)cc34)c3c([2H])c([2H])c([2H])c([2H])c23)c([2H])c1[2H]. The second kappa shape index (κ2) is 9.80. The van der Waals surface area contributed by atoms with E-state index in [9.17, 15) is 2.74 Å². The molecule has 1 heterocycles. The Bertz CT molecular complexity index is 2810. The number of furan rings is 1. The Morgan fingerprint density at radius 3 is 1.80 bits per heavy atom. The largest absolute Gasteiger partial charge is 0.456 e. The van der Waals surface area contributed by atoms with Crippen LogP contribution in [-0.2, 0) is 12.8 Å². The monoisotopic (exact) mass is 537 g/mol. The molecule has 0 aliphatic heterocycles. The van der Waals surface area contributed by atoms with Gasteiger partial charge < -0.3 is 4.42 Å². The lowest BCUT2D eigenvalue weighted by Crippen LogP contribution is -1.98. The van der Waals surface area contributed by atoms with Gasteiger partial charge in [-0.15, -0.1) is 0 Å². The smallest absolute Gasteiger partial charge is 0.138 e. The molecular formula is C40H28O. The predicted octanol–water partition coefficient (Wildman–Crippen LogP) is 10.7. The molecule has 8 aromatic rings. The van der Waals surface area contributed by atoms with Crippen LogP contribution in [0, 0.1) is 0 Å². The van der Waals surface area contributed by atoms with Gasteiger partial charge in [-0.05, 0) is 73.5 Å². The highest BCUT2D eigenvalue weighted by Crippen LogP contribution is 2.39. The molecule has 194 valence electrons. The van der Waals surface area contributed by atoms with Crippen molar-refractivity contribution in [1.29, 1.82) is 0 Å². The highest BCUT2D eigenvalue weighted by Gasteiger charge is 2.17. The summed E-state index contributed by atoms with van der Waals surface area (Å²) in [7, 11) is 0. The van der Waals surface area contributed by atoms with E-state index in [4.69, 9.17) is 19.5 Å². The Morgan fingerprint density at radius 2 is 1.12 bits per heavy atom. The van der Waals surface area contributed by atoms with E-state index in [-0.39, 0.29) is 44.7 Å². The summed E-state index contributed by atoms with van der Waals surface area (Å²) in [6, 6.07) is 14.3. The molecule has 0 saturated carbocycles. The van der Waals surface area contributed by atoms with Gasteiger partial charge in [-0.2, -0.15) is 0 Å². The number of benzene rings is 7. The predicted molar refractivity (Wildman–Crippen MR) is 173 cm³/mol. The molecule has 41 heavy (non-hydrogen) atoms. The first kappa shape index (κ1) is 14.0. The Labute approximate surface area is 257 Å². The van der Waals surface area contributed by atoms with Crippen LogP contribution >= 0.6 is 0 Å². The second-order valence-corrected chi connectivity index (χ2v) is 9.89. The molecule has 0 atom stereocenters. The highest BCUT2D eigenvalue weighted by atomic mass is 16.3. The Morgan fingerprint density at radius 1 is 0.488 bits per heavy atom. The molecule has 0 fully saturated rings. The molecule has 0 saturated heterocycles. The fourth-order valence-corrected chi connectivity index (χ4v) is 5.67. The quantitative estimate of drug-likeness (QED) is 0.199. The highest BCUT2D eigenvalue weighted by molar-refractivity contribution is 6.09. The molecule has 1 aromatic heterocycles. The van der Waals surface area contributed by atoms with Crippen molar-refractivity contribution in [3.05, 3.63) is 168 Å². The summed E-state index contributed by atoms with van der Waals surface area (Å²) >= 11 is 0. The van der Waals surface area contributed by atoms with Crippen molar-refractivity contribution in [2.45, 2.75) is 12.8 Å². The first-order valence-electron chi connectivity index (χ1n) is 19.7. The fraction of sp³-hybridized carbons (Fsp3) is 0.0500. The topological polar surface area (TPSA) is 13.1 Å². The first-order valence-corrected chi connectivity index (χ1v) is 13.2. The van der Waals surface area contributed by atoms with E-state index in [1.165, 1.54) is 0 Å². The average molecular weight is 538 g/mol. The number of fused-ring (bicyclic) bond motifs is 5. The van der Waals surface area contributed by atoms with Crippen molar-refractivity contribution in [3.8, 4) is 11.1 Å². The molecule has 0 aliphatic carbocycles. The zero-order valence-electron chi connectivity index (χ0n) is 34.7. The third kappa shape index (κ3) is 4.10.